The lowest BCUT2D eigenvalue weighted by atomic mass is 10.1. The monoisotopic (exact) mass is 632 g/mol. The molecule has 0 spiro atoms. The van der Waals surface area contributed by atoms with Crippen LogP contribution in [0.3, 0.4) is 0 Å². The van der Waals surface area contributed by atoms with Crippen molar-refractivity contribution in [3.05, 3.63) is 131 Å². The first-order chi connectivity index (χ1) is 22.6. The summed E-state index contributed by atoms with van der Waals surface area (Å²) in [5.41, 5.74) is 12.4. The zero-order chi connectivity index (χ0) is 33.8. The number of aromatic nitrogens is 2. The Hall–Kier alpha value is -6.10. The van der Waals surface area contributed by atoms with E-state index in [9.17, 15) is 19.2 Å². The molecule has 0 atom stereocenters. The van der Waals surface area contributed by atoms with Gasteiger partial charge in [0.15, 0.2) is 11.6 Å². The Morgan fingerprint density at radius 3 is 1.55 bits per heavy atom. The highest BCUT2D eigenvalue weighted by atomic mass is 16.4. The Kier molecular flexibility index (Phi) is 11.7. The predicted molar refractivity (Wildman–Crippen MR) is 182 cm³/mol. The van der Waals surface area contributed by atoms with Gasteiger partial charge < -0.3 is 26.8 Å². The zero-order valence-corrected chi connectivity index (χ0v) is 26.1. The number of hydrogen-bond donors (Lipinski definition) is 5. The van der Waals surface area contributed by atoms with Gasteiger partial charge in [0.1, 0.15) is 0 Å². The summed E-state index contributed by atoms with van der Waals surface area (Å²) in [6.07, 6.45) is 9.08. The number of ketones is 2. The number of nitrogens with one attached hydrogen (secondary N) is 3. The highest BCUT2D eigenvalue weighted by molar-refractivity contribution is 6.05. The number of carbonyl (C=O) groups excluding carboxylic acids is 3. The van der Waals surface area contributed by atoms with Crippen LogP contribution in [-0.2, 0) is 9.59 Å². The van der Waals surface area contributed by atoms with Gasteiger partial charge in [-0.15, -0.1) is 0 Å². The smallest absolute Gasteiger partial charge is 0.335 e. The minimum Gasteiger partial charge on any atom is -0.478 e. The molecule has 2 aromatic heterocycles. The van der Waals surface area contributed by atoms with E-state index in [0.29, 0.717) is 36.2 Å². The molecule has 0 unspecified atom stereocenters. The van der Waals surface area contributed by atoms with Crippen LogP contribution >= 0.6 is 0 Å². The molecule has 11 heteroatoms. The van der Waals surface area contributed by atoms with E-state index in [-0.39, 0.29) is 23.0 Å². The third kappa shape index (κ3) is 9.95. The normalized spacial score (nSPS) is 13.7. The van der Waals surface area contributed by atoms with Crippen molar-refractivity contribution in [2.45, 2.75) is 39.5 Å². The first kappa shape index (κ1) is 33.8. The number of aromatic carboxylic acids is 1. The van der Waals surface area contributed by atoms with Crippen molar-refractivity contribution < 1.29 is 24.3 Å². The molecule has 1 amide bonds. The SMILES string of the molecule is CC1=C(Nc2cccc(C(=O)Nc3ccncc3)c2)CCC1=O.CC1=C(Nc2cccc(C(=O)O)c2)CCC1=O.Nc1ccncc1. The summed E-state index contributed by atoms with van der Waals surface area (Å²) in [6.45, 7) is 3.62. The van der Waals surface area contributed by atoms with Crippen molar-refractivity contribution in [1.29, 1.82) is 0 Å². The number of allylic oxidation sites excluding steroid dienone is 4. The lowest BCUT2D eigenvalue weighted by molar-refractivity contribution is -0.115. The summed E-state index contributed by atoms with van der Waals surface area (Å²) in [7, 11) is 0. The standard InChI is InChI=1S/C18H17N3O2.C13H13NO3.C5H6N2/c1-12-16(5-6-17(12)22)20-15-4-2-3-13(11-15)18(23)21-14-7-9-19-10-8-14;1-8-11(5-6-12(8)15)14-10-4-2-3-9(7-10)13(16)17;6-5-1-3-7-4-2-5/h2-4,7-11,20H,5-6H2,1H3,(H,19,21,23);2-4,7,14H,5-6H2,1H3,(H,16,17);1-4H,(H2,6,7). The molecule has 0 aliphatic heterocycles. The van der Waals surface area contributed by atoms with Crippen molar-refractivity contribution in [3.8, 4) is 0 Å². The molecule has 0 radical (unpaired) electrons. The Labute approximate surface area is 272 Å². The number of rotatable bonds is 7. The minimum atomic E-state index is -0.957. The fourth-order valence-corrected chi connectivity index (χ4v) is 4.69. The molecule has 0 saturated heterocycles. The van der Waals surface area contributed by atoms with E-state index in [1.165, 1.54) is 6.07 Å². The van der Waals surface area contributed by atoms with Crippen molar-refractivity contribution in [3.63, 3.8) is 0 Å². The fourth-order valence-electron chi connectivity index (χ4n) is 4.69. The number of hydrogen-bond acceptors (Lipinski definition) is 9. The highest BCUT2D eigenvalue weighted by Crippen LogP contribution is 2.26. The summed E-state index contributed by atoms with van der Waals surface area (Å²) < 4.78 is 0. The Morgan fingerprint density at radius 1 is 0.660 bits per heavy atom. The number of carboxylic acids is 1. The topological polar surface area (TPSA) is 176 Å². The van der Waals surface area contributed by atoms with Gasteiger partial charge in [0.05, 0.1) is 5.56 Å². The molecule has 2 aliphatic carbocycles. The van der Waals surface area contributed by atoms with Crippen LogP contribution in [-0.4, -0.2) is 38.5 Å². The van der Waals surface area contributed by atoms with Crippen LogP contribution in [0.15, 0.2) is 120 Å². The number of nitrogens with two attached hydrogens (primary N) is 1. The van der Waals surface area contributed by atoms with Gasteiger partial charge in [0.2, 0.25) is 0 Å². The van der Waals surface area contributed by atoms with Crippen LogP contribution in [0, 0.1) is 0 Å². The number of amides is 1. The molecular formula is C36H36N6O5. The lowest BCUT2D eigenvalue weighted by Gasteiger charge is -2.10. The van der Waals surface area contributed by atoms with E-state index in [1.54, 1.807) is 86.3 Å². The second-order valence-electron chi connectivity index (χ2n) is 10.7. The Bertz CT molecular complexity index is 1820. The number of anilines is 4. The average molecular weight is 633 g/mol. The van der Waals surface area contributed by atoms with Crippen LogP contribution in [0.5, 0.6) is 0 Å². The number of nitrogens with zero attached hydrogens (tertiary/aromatic N) is 2. The van der Waals surface area contributed by atoms with Crippen LogP contribution in [0.1, 0.15) is 60.2 Å². The van der Waals surface area contributed by atoms with Crippen molar-refractivity contribution in [2.24, 2.45) is 0 Å². The number of carboxylic acid groups (broad SMARTS) is 1. The van der Waals surface area contributed by atoms with Gasteiger partial charge in [-0.2, -0.15) is 0 Å². The average Bonchev–Trinajstić information content (AvgIpc) is 3.57. The van der Waals surface area contributed by atoms with Gasteiger partial charge in [-0.3, -0.25) is 24.4 Å². The van der Waals surface area contributed by atoms with E-state index < -0.39 is 5.97 Å². The maximum absolute atomic E-state index is 12.3. The van der Waals surface area contributed by atoms with Gasteiger partial charge in [0.25, 0.3) is 5.91 Å². The van der Waals surface area contributed by atoms with Crippen molar-refractivity contribution >= 4 is 46.2 Å². The van der Waals surface area contributed by atoms with E-state index in [0.717, 1.165) is 40.3 Å². The summed E-state index contributed by atoms with van der Waals surface area (Å²) in [4.78, 5) is 53.7. The van der Waals surface area contributed by atoms with Crippen molar-refractivity contribution in [1.82, 2.24) is 9.97 Å². The fraction of sp³-hybridized carbons (Fsp3) is 0.167. The first-order valence-electron chi connectivity index (χ1n) is 14.9. The summed E-state index contributed by atoms with van der Waals surface area (Å²) in [5, 5.41) is 18.1. The molecule has 0 bridgehead atoms. The molecule has 11 nitrogen and oxygen atoms in total. The van der Waals surface area contributed by atoms with E-state index in [4.69, 9.17) is 10.8 Å². The van der Waals surface area contributed by atoms with E-state index in [1.807, 2.05) is 19.1 Å². The van der Waals surface area contributed by atoms with Gasteiger partial charge in [-0.25, -0.2) is 4.79 Å². The van der Waals surface area contributed by atoms with E-state index in [2.05, 4.69) is 25.9 Å². The van der Waals surface area contributed by atoms with Gasteiger partial charge in [-0.05, 0) is 87.4 Å². The molecular weight excluding hydrogens is 596 g/mol. The Balaban J connectivity index is 0.000000182. The van der Waals surface area contributed by atoms with Crippen LogP contribution < -0.4 is 21.7 Å². The number of pyridine rings is 2. The molecule has 0 fully saturated rings. The molecule has 6 N–H and O–H groups in total. The molecule has 2 aromatic carbocycles. The van der Waals surface area contributed by atoms with Crippen molar-refractivity contribution in [2.75, 3.05) is 21.7 Å². The van der Waals surface area contributed by atoms with Crippen LogP contribution in [0.25, 0.3) is 0 Å². The Morgan fingerprint density at radius 2 is 1.13 bits per heavy atom. The van der Waals surface area contributed by atoms with E-state index >= 15 is 0 Å². The van der Waals surface area contributed by atoms with Gasteiger partial charge in [0, 0.05) is 88.5 Å². The molecule has 240 valence electrons. The molecule has 2 heterocycles. The number of nitrogen functional groups attached to an aromatic ring is 1. The van der Waals surface area contributed by atoms with Crippen LogP contribution in [0.2, 0.25) is 0 Å². The summed E-state index contributed by atoms with van der Waals surface area (Å²) in [5.74, 6) is -0.809. The van der Waals surface area contributed by atoms with Crippen LogP contribution in [0.4, 0.5) is 22.7 Å². The molecule has 4 aromatic rings. The maximum atomic E-state index is 12.3. The molecule has 47 heavy (non-hydrogen) atoms. The third-order valence-electron chi connectivity index (χ3n) is 7.41. The summed E-state index contributed by atoms with van der Waals surface area (Å²) >= 11 is 0. The first-order valence-corrected chi connectivity index (χ1v) is 14.9. The summed E-state index contributed by atoms with van der Waals surface area (Å²) in [6, 6.07) is 20.8. The largest absolute Gasteiger partial charge is 0.478 e. The molecule has 0 saturated carbocycles. The minimum absolute atomic E-state index is 0.155. The quantitative estimate of drug-likeness (QED) is 0.152. The number of carbonyl (C=O) groups is 4. The predicted octanol–water partition coefficient (Wildman–Crippen LogP) is 6.48. The second-order valence-corrected chi connectivity index (χ2v) is 10.7. The van der Waals surface area contributed by atoms with Gasteiger partial charge in [-0.1, -0.05) is 12.1 Å². The maximum Gasteiger partial charge on any atom is 0.335 e. The number of Topliss-reactive ketones (excluding diaryl/α,β-unsaturated/α-hetero) is 2. The zero-order valence-electron chi connectivity index (χ0n) is 26.1. The number of benzene rings is 2. The lowest BCUT2D eigenvalue weighted by Crippen LogP contribution is -2.12. The van der Waals surface area contributed by atoms with Gasteiger partial charge >= 0.3 is 5.97 Å². The second kappa shape index (κ2) is 16.3. The molecule has 6 rings (SSSR count). The highest BCUT2D eigenvalue weighted by Gasteiger charge is 2.20. The third-order valence-corrected chi connectivity index (χ3v) is 7.41. The molecule has 2 aliphatic rings.